The lowest BCUT2D eigenvalue weighted by Gasteiger charge is -2.11. The minimum absolute atomic E-state index is 0.242. The van der Waals surface area contributed by atoms with Gasteiger partial charge in [-0.2, -0.15) is 0 Å². The van der Waals surface area contributed by atoms with Crippen LogP contribution in [0.3, 0.4) is 0 Å². The molecule has 0 radical (unpaired) electrons. The maximum atomic E-state index is 13.2. The average Bonchev–Trinajstić information content (AvgIpc) is 2.25. The number of carboxylic acid groups (broad SMARTS) is 1. The smallest absolute Gasteiger partial charge is 0.333 e. The van der Waals surface area contributed by atoms with E-state index in [-0.39, 0.29) is 12.0 Å². The van der Waals surface area contributed by atoms with Crippen molar-refractivity contribution in [2.45, 2.75) is 12.5 Å². The SMILES string of the molecule is COC(Cc1ccc(F)c(F)c1F)C(=O)O. The number of methoxy groups -OCH3 is 1. The van der Waals surface area contributed by atoms with Crippen LogP contribution in [0.25, 0.3) is 0 Å². The average molecular weight is 234 g/mol. The monoisotopic (exact) mass is 234 g/mol. The van der Waals surface area contributed by atoms with Crippen molar-refractivity contribution in [2.24, 2.45) is 0 Å². The Labute approximate surface area is 89.5 Å². The molecule has 1 unspecified atom stereocenters. The van der Waals surface area contributed by atoms with E-state index in [9.17, 15) is 18.0 Å². The largest absolute Gasteiger partial charge is 0.479 e. The van der Waals surface area contributed by atoms with Crippen LogP contribution in [0.15, 0.2) is 12.1 Å². The van der Waals surface area contributed by atoms with Gasteiger partial charge < -0.3 is 9.84 Å². The molecule has 0 bridgehead atoms. The van der Waals surface area contributed by atoms with Gasteiger partial charge in [0.1, 0.15) is 0 Å². The summed E-state index contributed by atoms with van der Waals surface area (Å²) in [5.74, 6) is -5.61. The molecule has 0 aliphatic rings. The molecule has 0 amide bonds. The normalized spacial score (nSPS) is 12.5. The van der Waals surface area contributed by atoms with Crippen molar-refractivity contribution >= 4 is 5.97 Å². The van der Waals surface area contributed by atoms with E-state index in [2.05, 4.69) is 4.74 Å². The Morgan fingerprint density at radius 3 is 2.50 bits per heavy atom. The fraction of sp³-hybridized carbons (Fsp3) is 0.300. The molecule has 0 saturated carbocycles. The van der Waals surface area contributed by atoms with Gasteiger partial charge in [-0.05, 0) is 11.6 Å². The van der Waals surface area contributed by atoms with Gasteiger partial charge in [-0.3, -0.25) is 0 Å². The fourth-order valence-corrected chi connectivity index (χ4v) is 1.19. The van der Waals surface area contributed by atoms with Crippen molar-refractivity contribution in [1.82, 2.24) is 0 Å². The van der Waals surface area contributed by atoms with Crippen molar-refractivity contribution in [2.75, 3.05) is 7.11 Å². The second-order valence-electron chi connectivity index (χ2n) is 3.10. The Morgan fingerprint density at radius 1 is 1.38 bits per heavy atom. The van der Waals surface area contributed by atoms with E-state index in [1.165, 1.54) is 0 Å². The first kappa shape index (κ1) is 12.5. The van der Waals surface area contributed by atoms with E-state index in [0.717, 1.165) is 19.2 Å². The number of benzene rings is 1. The molecule has 1 atom stereocenters. The molecular weight excluding hydrogens is 225 g/mol. The number of hydrogen-bond donors (Lipinski definition) is 1. The lowest BCUT2D eigenvalue weighted by Crippen LogP contribution is -2.25. The van der Waals surface area contributed by atoms with Crippen LogP contribution in [0.1, 0.15) is 5.56 Å². The number of carbonyl (C=O) groups is 1. The molecule has 16 heavy (non-hydrogen) atoms. The van der Waals surface area contributed by atoms with E-state index < -0.39 is 29.5 Å². The number of rotatable bonds is 4. The quantitative estimate of drug-likeness (QED) is 0.807. The molecule has 0 aliphatic carbocycles. The number of carboxylic acids is 1. The van der Waals surface area contributed by atoms with Gasteiger partial charge in [0.2, 0.25) is 0 Å². The summed E-state index contributed by atoms with van der Waals surface area (Å²) in [4.78, 5) is 10.6. The topological polar surface area (TPSA) is 46.5 Å². The highest BCUT2D eigenvalue weighted by Crippen LogP contribution is 2.17. The van der Waals surface area contributed by atoms with Crippen molar-refractivity contribution in [3.05, 3.63) is 35.1 Å². The zero-order chi connectivity index (χ0) is 12.3. The minimum Gasteiger partial charge on any atom is -0.479 e. The number of ether oxygens (including phenoxy) is 1. The molecule has 1 N–H and O–H groups in total. The molecule has 0 saturated heterocycles. The van der Waals surface area contributed by atoms with Crippen LogP contribution in [0.4, 0.5) is 13.2 Å². The molecule has 6 heteroatoms. The van der Waals surface area contributed by atoms with Crippen LogP contribution < -0.4 is 0 Å². The van der Waals surface area contributed by atoms with E-state index in [4.69, 9.17) is 5.11 Å². The third-order valence-electron chi connectivity index (χ3n) is 2.08. The summed E-state index contributed by atoms with van der Waals surface area (Å²) in [7, 11) is 1.14. The van der Waals surface area contributed by atoms with Crippen molar-refractivity contribution < 1.29 is 27.8 Å². The Balaban J connectivity index is 2.97. The summed E-state index contributed by atoms with van der Waals surface area (Å²) in [6, 6.07) is 1.73. The lowest BCUT2D eigenvalue weighted by molar-refractivity contribution is -0.148. The molecule has 0 heterocycles. The third kappa shape index (κ3) is 2.52. The van der Waals surface area contributed by atoms with E-state index in [1.807, 2.05) is 0 Å². The molecule has 1 aromatic rings. The predicted octanol–water partition coefficient (Wildman–Crippen LogP) is 1.75. The van der Waals surface area contributed by atoms with Crippen LogP contribution in [0, 0.1) is 17.5 Å². The molecule has 0 aromatic heterocycles. The number of halogens is 3. The molecule has 88 valence electrons. The minimum atomic E-state index is -1.61. The molecule has 3 nitrogen and oxygen atoms in total. The van der Waals surface area contributed by atoms with Gasteiger partial charge in [-0.25, -0.2) is 18.0 Å². The van der Waals surface area contributed by atoms with Gasteiger partial charge in [0.15, 0.2) is 23.6 Å². The summed E-state index contributed by atoms with van der Waals surface area (Å²) >= 11 is 0. The summed E-state index contributed by atoms with van der Waals surface area (Å²) in [6.07, 6.45) is -1.66. The Morgan fingerprint density at radius 2 is 2.00 bits per heavy atom. The highest BCUT2D eigenvalue weighted by molar-refractivity contribution is 5.72. The summed E-state index contributed by atoms with van der Waals surface area (Å²) in [5, 5.41) is 8.63. The second-order valence-corrected chi connectivity index (χ2v) is 3.10. The van der Waals surface area contributed by atoms with Crippen molar-refractivity contribution in [1.29, 1.82) is 0 Å². The van der Waals surface area contributed by atoms with Gasteiger partial charge >= 0.3 is 5.97 Å². The Hall–Kier alpha value is -1.56. The first-order valence-corrected chi connectivity index (χ1v) is 4.35. The van der Waals surface area contributed by atoms with Crippen molar-refractivity contribution in [3.8, 4) is 0 Å². The van der Waals surface area contributed by atoms with Crippen LogP contribution in [0.2, 0.25) is 0 Å². The molecule has 0 fully saturated rings. The van der Waals surface area contributed by atoms with Crippen LogP contribution >= 0.6 is 0 Å². The zero-order valence-electron chi connectivity index (χ0n) is 8.34. The highest BCUT2D eigenvalue weighted by atomic mass is 19.2. The maximum absolute atomic E-state index is 13.2. The first-order chi connectivity index (χ1) is 7.47. The summed E-state index contributed by atoms with van der Waals surface area (Å²) in [5.41, 5.74) is -0.242. The predicted molar refractivity (Wildman–Crippen MR) is 48.5 cm³/mol. The van der Waals surface area contributed by atoms with Gasteiger partial charge in [0, 0.05) is 13.5 Å². The standard InChI is InChI=1S/C10H9F3O3/c1-16-7(10(14)15)4-5-2-3-6(11)9(13)8(5)12/h2-3,7H,4H2,1H3,(H,14,15). The van der Waals surface area contributed by atoms with Gasteiger partial charge in [0.05, 0.1) is 0 Å². The lowest BCUT2D eigenvalue weighted by atomic mass is 10.1. The fourth-order valence-electron chi connectivity index (χ4n) is 1.19. The Bertz CT molecular complexity index is 407. The van der Waals surface area contributed by atoms with Crippen LogP contribution in [-0.4, -0.2) is 24.3 Å². The molecule has 0 aliphatic heterocycles. The van der Waals surface area contributed by atoms with E-state index >= 15 is 0 Å². The van der Waals surface area contributed by atoms with Gasteiger partial charge in [-0.15, -0.1) is 0 Å². The van der Waals surface area contributed by atoms with Gasteiger partial charge in [0.25, 0.3) is 0 Å². The molecule has 1 rings (SSSR count). The van der Waals surface area contributed by atoms with Crippen LogP contribution in [-0.2, 0) is 16.0 Å². The molecular formula is C10H9F3O3. The zero-order valence-corrected chi connectivity index (χ0v) is 8.34. The Kier molecular flexibility index (Phi) is 3.89. The van der Waals surface area contributed by atoms with E-state index in [0.29, 0.717) is 0 Å². The number of hydrogen-bond acceptors (Lipinski definition) is 2. The first-order valence-electron chi connectivity index (χ1n) is 4.35. The second kappa shape index (κ2) is 4.98. The summed E-state index contributed by atoms with van der Waals surface area (Å²) in [6.45, 7) is 0. The van der Waals surface area contributed by atoms with Crippen molar-refractivity contribution in [3.63, 3.8) is 0 Å². The summed E-state index contributed by atoms with van der Waals surface area (Å²) < 4.78 is 43.1. The highest BCUT2D eigenvalue weighted by Gasteiger charge is 2.21. The molecule has 0 spiro atoms. The van der Waals surface area contributed by atoms with Gasteiger partial charge in [-0.1, -0.05) is 6.07 Å². The molecule has 1 aromatic carbocycles. The maximum Gasteiger partial charge on any atom is 0.333 e. The third-order valence-corrected chi connectivity index (χ3v) is 2.08. The number of aliphatic carboxylic acids is 1. The van der Waals surface area contributed by atoms with Crippen LogP contribution in [0.5, 0.6) is 0 Å². The van der Waals surface area contributed by atoms with E-state index in [1.54, 1.807) is 0 Å².